The van der Waals surface area contributed by atoms with E-state index in [4.69, 9.17) is 17.3 Å². The van der Waals surface area contributed by atoms with Crippen molar-refractivity contribution in [3.8, 4) is 0 Å². The van der Waals surface area contributed by atoms with Gasteiger partial charge in [-0.1, -0.05) is 11.6 Å². The Morgan fingerprint density at radius 2 is 1.84 bits per heavy atom. The van der Waals surface area contributed by atoms with Crippen LogP contribution >= 0.6 is 11.6 Å². The number of carbonyl (C=O) groups excluding carboxylic acids is 2. The molecule has 0 saturated carbocycles. The highest BCUT2D eigenvalue weighted by atomic mass is 35.5. The highest BCUT2D eigenvalue weighted by Crippen LogP contribution is 2.11. The quantitative estimate of drug-likeness (QED) is 0.483. The first kappa shape index (κ1) is 19.1. The van der Waals surface area contributed by atoms with E-state index >= 15 is 0 Å². The summed E-state index contributed by atoms with van der Waals surface area (Å²) in [4.78, 5) is 31.8. The Morgan fingerprint density at radius 1 is 1.24 bits per heavy atom. The van der Waals surface area contributed by atoms with Gasteiger partial charge in [0.25, 0.3) is 5.91 Å². The van der Waals surface area contributed by atoms with Crippen LogP contribution in [0.2, 0.25) is 0 Å². The lowest BCUT2D eigenvalue weighted by Gasteiger charge is -2.34. The van der Waals surface area contributed by atoms with E-state index in [1.165, 1.54) is 37.5 Å². The van der Waals surface area contributed by atoms with Crippen molar-refractivity contribution in [2.45, 2.75) is 0 Å². The van der Waals surface area contributed by atoms with Crippen LogP contribution in [0, 0.1) is 5.82 Å². The summed E-state index contributed by atoms with van der Waals surface area (Å²) >= 11 is 5.90. The summed E-state index contributed by atoms with van der Waals surface area (Å²) in [5.41, 5.74) is 6.18. The number of Topliss-reactive ketones (excluding diaryl/α,β-unsaturated/α-hetero) is 1. The smallest absolute Gasteiger partial charge is 0.271 e. The van der Waals surface area contributed by atoms with Crippen molar-refractivity contribution in [1.82, 2.24) is 9.80 Å². The molecule has 25 heavy (non-hydrogen) atoms. The van der Waals surface area contributed by atoms with Crippen LogP contribution in [0.15, 0.2) is 40.0 Å². The van der Waals surface area contributed by atoms with E-state index in [-0.39, 0.29) is 34.8 Å². The zero-order chi connectivity index (χ0) is 18.4. The largest absolute Gasteiger partial charge is 0.393 e. The standard InChI is InChI=1S/C17H20ClFN4O2/c1-21-10-14(18)16(20)17(25)23-8-6-22(7-9-23)11-15(24)12-2-4-13(19)5-3-12/h2-5,10H,6-9,11,20H2,1H3. The summed E-state index contributed by atoms with van der Waals surface area (Å²) in [5, 5.41) is 0.112. The summed E-state index contributed by atoms with van der Waals surface area (Å²) in [6.07, 6.45) is 1.33. The van der Waals surface area contributed by atoms with E-state index in [0.29, 0.717) is 31.7 Å². The van der Waals surface area contributed by atoms with Gasteiger partial charge in [0.05, 0.1) is 11.6 Å². The topological polar surface area (TPSA) is 79.0 Å². The maximum Gasteiger partial charge on any atom is 0.271 e. The van der Waals surface area contributed by atoms with Crippen LogP contribution in [0.1, 0.15) is 10.4 Å². The van der Waals surface area contributed by atoms with Gasteiger partial charge in [-0.3, -0.25) is 19.5 Å². The van der Waals surface area contributed by atoms with E-state index in [1.807, 2.05) is 4.90 Å². The molecule has 0 aromatic heterocycles. The maximum atomic E-state index is 12.9. The maximum absolute atomic E-state index is 12.9. The second kappa shape index (κ2) is 8.73. The predicted molar refractivity (Wildman–Crippen MR) is 95.2 cm³/mol. The third kappa shape index (κ3) is 5.11. The van der Waals surface area contributed by atoms with Crippen molar-refractivity contribution >= 4 is 29.5 Å². The monoisotopic (exact) mass is 366 g/mol. The fourth-order valence-corrected chi connectivity index (χ4v) is 2.67. The summed E-state index contributed by atoms with van der Waals surface area (Å²) in [6, 6.07) is 5.48. The van der Waals surface area contributed by atoms with Crippen molar-refractivity contribution in [3.63, 3.8) is 0 Å². The molecule has 1 saturated heterocycles. The first-order chi connectivity index (χ1) is 11.9. The lowest BCUT2D eigenvalue weighted by Crippen LogP contribution is -2.51. The number of halogens is 2. The third-order valence-electron chi connectivity index (χ3n) is 3.92. The number of ketones is 1. The molecule has 8 heteroatoms. The number of amides is 1. The molecular weight excluding hydrogens is 347 g/mol. The Balaban J connectivity index is 1.89. The van der Waals surface area contributed by atoms with Gasteiger partial charge in [0.2, 0.25) is 0 Å². The van der Waals surface area contributed by atoms with Gasteiger partial charge in [-0.25, -0.2) is 4.39 Å². The van der Waals surface area contributed by atoms with Crippen LogP contribution in [0.3, 0.4) is 0 Å². The Morgan fingerprint density at radius 3 is 2.40 bits per heavy atom. The second-order valence-electron chi connectivity index (χ2n) is 5.65. The van der Waals surface area contributed by atoms with Crippen molar-refractivity contribution in [2.75, 3.05) is 39.8 Å². The number of benzene rings is 1. The Hall–Kier alpha value is -2.25. The molecule has 0 radical (unpaired) electrons. The van der Waals surface area contributed by atoms with Gasteiger partial charge in [-0.15, -0.1) is 0 Å². The lowest BCUT2D eigenvalue weighted by molar-refractivity contribution is -0.128. The molecule has 0 unspecified atom stereocenters. The molecule has 1 aliphatic heterocycles. The van der Waals surface area contributed by atoms with Gasteiger partial charge in [-0.05, 0) is 24.3 Å². The number of nitrogens with two attached hydrogens (primary N) is 1. The number of carbonyl (C=O) groups is 2. The van der Waals surface area contributed by atoms with E-state index in [0.717, 1.165) is 0 Å². The van der Waals surface area contributed by atoms with Crippen LogP contribution in [0.4, 0.5) is 4.39 Å². The predicted octanol–water partition coefficient (Wildman–Crippen LogP) is 1.26. The fraction of sp³-hybridized carbons (Fsp3) is 0.353. The molecule has 1 aliphatic rings. The molecular formula is C17H20ClFN4O2. The zero-order valence-corrected chi connectivity index (χ0v) is 14.7. The molecule has 0 aliphatic carbocycles. The summed E-state index contributed by atoms with van der Waals surface area (Å²) in [6.45, 7) is 2.21. The van der Waals surface area contributed by atoms with Gasteiger partial charge in [-0.2, -0.15) is 0 Å². The van der Waals surface area contributed by atoms with Crippen molar-refractivity contribution in [2.24, 2.45) is 10.7 Å². The molecule has 0 bridgehead atoms. The summed E-state index contributed by atoms with van der Waals surface area (Å²) in [7, 11) is 1.54. The van der Waals surface area contributed by atoms with E-state index < -0.39 is 0 Å². The average molecular weight is 367 g/mol. The molecule has 134 valence electrons. The molecule has 2 N–H and O–H groups in total. The van der Waals surface area contributed by atoms with Crippen LogP contribution in [-0.2, 0) is 4.79 Å². The number of aliphatic imine (C=N–C) groups is 1. The van der Waals surface area contributed by atoms with Gasteiger partial charge >= 0.3 is 0 Å². The van der Waals surface area contributed by atoms with Crippen molar-refractivity contribution < 1.29 is 14.0 Å². The minimum absolute atomic E-state index is 0.0388. The van der Waals surface area contributed by atoms with E-state index in [2.05, 4.69) is 4.99 Å². The molecule has 1 aromatic rings. The van der Waals surface area contributed by atoms with Crippen molar-refractivity contribution in [3.05, 3.63) is 46.4 Å². The summed E-state index contributed by atoms with van der Waals surface area (Å²) < 4.78 is 12.9. The third-order valence-corrected chi connectivity index (χ3v) is 4.22. The molecule has 1 heterocycles. The number of rotatable bonds is 5. The van der Waals surface area contributed by atoms with Crippen LogP contribution in [0.25, 0.3) is 0 Å². The minimum Gasteiger partial charge on any atom is -0.393 e. The molecule has 1 fully saturated rings. The molecule has 2 rings (SSSR count). The molecule has 1 amide bonds. The molecule has 0 spiro atoms. The summed E-state index contributed by atoms with van der Waals surface area (Å²) in [5.74, 6) is -0.795. The second-order valence-corrected chi connectivity index (χ2v) is 6.05. The van der Waals surface area contributed by atoms with Crippen LogP contribution < -0.4 is 5.73 Å². The van der Waals surface area contributed by atoms with Gasteiger partial charge in [0.1, 0.15) is 11.5 Å². The Kier molecular flexibility index (Phi) is 6.66. The SMILES string of the molecule is CN=CC(Cl)=C(N)C(=O)N1CCN(CC(=O)c2ccc(F)cc2)CC1. The van der Waals surface area contributed by atoms with Gasteiger partial charge in [0, 0.05) is 45.0 Å². The molecule has 0 atom stereocenters. The zero-order valence-electron chi connectivity index (χ0n) is 13.9. The van der Waals surface area contributed by atoms with Crippen LogP contribution in [0.5, 0.6) is 0 Å². The van der Waals surface area contributed by atoms with Crippen LogP contribution in [-0.4, -0.2) is 67.5 Å². The Labute approximate surface area is 150 Å². The average Bonchev–Trinajstić information content (AvgIpc) is 2.61. The van der Waals surface area contributed by atoms with E-state index in [1.54, 1.807) is 4.90 Å². The van der Waals surface area contributed by atoms with Gasteiger partial charge in [0.15, 0.2) is 5.78 Å². The highest BCUT2D eigenvalue weighted by molar-refractivity contribution is 6.41. The first-order valence-corrected chi connectivity index (χ1v) is 8.18. The lowest BCUT2D eigenvalue weighted by atomic mass is 10.1. The van der Waals surface area contributed by atoms with Gasteiger partial charge < -0.3 is 10.6 Å². The van der Waals surface area contributed by atoms with E-state index in [9.17, 15) is 14.0 Å². The number of piperazine rings is 1. The highest BCUT2D eigenvalue weighted by Gasteiger charge is 2.24. The van der Waals surface area contributed by atoms with Crippen molar-refractivity contribution in [1.29, 1.82) is 0 Å². The minimum atomic E-state index is -0.374. The number of hydrogen-bond donors (Lipinski definition) is 1. The first-order valence-electron chi connectivity index (χ1n) is 7.80. The number of nitrogens with zero attached hydrogens (tertiary/aromatic N) is 3. The number of allylic oxidation sites excluding steroid dienone is 1. The molecule has 6 nitrogen and oxygen atoms in total. The normalized spacial score (nSPS) is 16.8. The Bertz CT molecular complexity index is 695. The molecule has 1 aromatic carbocycles. The number of hydrogen-bond acceptors (Lipinski definition) is 5. The fourth-order valence-electron chi connectivity index (χ4n) is 2.49.